The van der Waals surface area contributed by atoms with E-state index < -0.39 is 0 Å². The largest absolute Gasteiger partial charge is 0.306 e. The molecule has 0 aliphatic heterocycles. The lowest BCUT2D eigenvalue weighted by Gasteiger charge is -2.12. The molecule has 0 saturated heterocycles. The van der Waals surface area contributed by atoms with Crippen molar-refractivity contribution in [1.82, 2.24) is 29.5 Å². The first kappa shape index (κ1) is 39.5. The van der Waals surface area contributed by atoms with Gasteiger partial charge in [0.25, 0.3) is 0 Å². The van der Waals surface area contributed by atoms with Gasteiger partial charge >= 0.3 is 0 Å². The van der Waals surface area contributed by atoms with Crippen LogP contribution in [0.2, 0.25) is 0 Å². The lowest BCUT2D eigenvalue weighted by molar-refractivity contribution is 1.07. The molecule has 0 fully saturated rings. The topological polar surface area (TPSA) is 69.4 Å². The maximum absolute atomic E-state index is 5.30. The van der Waals surface area contributed by atoms with Crippen molar-refractivity contribution in [2.75, 3.05) is 0 Å². The Hall–Kier alpha value is -9.13. The van der Waals surface area contributed by atoms with E-state index in [1.54, 1.807) is 0 Å². The highest BCUT2D eigenvalue weighted by atomic mass is 15.0. The number of hydrogen-bond acceptors (Lipinski definition) is 5. The second kappa shape index (κ2) is 17.1. The van der Waals surface area contributed by atoms with E-state index in [-0.39, 0.29) is 0 Å². The summed E-state index contributed by atoms with van der Waals surface area (Å²) in [5, 5.41) is 1.09. The monoisotopic (exact) mass is 856 g/mol. The Morgan fingerprint density at radius 2 is 0.552 bits per heavy atom. The molecular formula is C61H40N6. The number of fused-ring (bicyclic) bond motifs is 3. The third-order valence-corrected chi connectivity index (χ3v) is 12.3. The molecule has 6 heteroatoms. The van der Waals surface area contributed by atoms with Crippen molar-refractivity contribution in [3.63, 3.8) is 0 Å². The molecule has 0 saturated carbocycles. The molecule has 0 unspecified atom stereocenters. The number of hydrogen-bond donors (Lipinski definition) is 0. The number of nitrogens with zero attached hydrogens (tertiary/aromatic N) is 6. The molecule has 3 heterocycles. The lowest BCUT2D eigenvalue weighted by Crippen LogP contribution is -2.00. The van der Waals surface area contributed by atoms with Crippen molar-refractivity contribution in [3.05, 3.63) is 243 Å². The second-order valence-corrected chi connectivity index (χ2v) is 16.5. The van der Waals surface area contributed by atoms with E-state index in [0.29, 0.717) is 23.3 Å². The molecule has 0 amide bonds. The highest BCUT2D eigenvalue weighted by Crippen LogP contribution is 2.38. The van der Waals surface area contributed by atoms with Gasteiger partial charge in [-0.2, -0.15) is 0 Å². The summed E-state index contributed by atoms with van der Waals surface area (Å²) >= 11 is 0. The molecule has 0 bridgehead atoms. The highest BCUT2D eigenvalue weighted by molar-refractivity contribution is 6.11. The van der Waals surface area contributed by atoms with Crippen molar-refractivity contribution >= 4 is 21.9 Å². The summed E-state index contributed by atoms with van der Waals surface area (Å²) in [5.41, 5.74) is 16.7. The van der Waals surface area contributed by atoms with Crippen LogP contribution in [-0.4, -0.2) is 29.5 Å². The van der Waals surface area contributed by atoms with E-state index in [9.17, 15) is 0 Å². The molecule has 0 aliphatic rings. The average Bonchev–Trinajstić information content (AvgIpc) is 3.76. The Labute approximate surface area is 388 Å². The summed E-state index contributed by atoms with van der Waals surface area (Å²) in [6.07, 6.45) is 0. The van der Waals surface area contributed by atoms with Crippen LogP contribution in [0.25, 0.3) is 118 Å². The first-order chi connectivity index (χ1) is 33.2. The Balaban J connectivity index is 0.796. The molecule has 0 spiro atoms. The Bertz CT molecular complexity index is 3610. The lowest BCUT2D eigenvalue weighted by atomic mass is 9.97. The SMILES string of the molecule is c1ccc(-c2nc(-c3ccccc3)nc(-c3ccc(-c4ccc(-c5ccc(-c6ccc(-c7nc(-c8ccccc8)c8c(n7)c7ccccc7n8-c7ccccc7)cc6)cc5)cc4)cc3)n2)cc1. The van der Waals surface area contributed by atoms with Crippen molar-refractivity contribution in [2.45, 2.75) is 0 Å². The molecule has 67 heavy (non-hydrogen) atoms. The minimum absolute atomic E-state index is 0.641. The zero-order valence-electron chi connectivity index (χ0n) is 36.3. The van der Waals surface area contributed by atoms with Crippen LogP contribution in [0.5, 0.6) is 0 Å². The predicted octanol–water partition coefficient (Wildman–Crippen LogP) is 15.1. The molecule has 12 aromatic rings. The van der Waals surface area contributed by atoms with E-state index in [4.69, 9.17) is 24.9 Å². The van der Waals surface area contributed by atoms with E-state index in [1.165, 1.54) is 0 Å². The molecule has 9 aromatic carbocycles. The Kier molecular flexibility index (Phi) is 10.1. The van der Waals surface area contributed by atoms with Crippen LogP contribution in [-0.2, 0) is 0 Å². The fraction of sp³-hybridized carbons (Fsp3) is 0. The van der Waals surface area contributed by atoms with E-state index in [0.717, 1.165) is 94.5 Å². The number of aromatic nitrogens is 6. The van der Waals surface area contributed by atoms with Crippen LogP contribution in [0.15, 0.2) is 243 Å². The van der Waals surface area contributed by atoms with Crippen LogP contribution in [0.3, 0.4) is 0 Å². The van der Waals surface area contributed by atoms with Crippen LogP contribution in [0, 0.1) is 0 Å². The number of rotatable bonds is 9. The maximum Gasteiger partial charge on any atom is 0.164 e. The van der Waals surface area contributed by atoms with Gasteiger partial charge in [0, 0.05) is 38.9 Å². The zero-order valence-corrected chi connectivity index (χ0v) is 36.3. The number of benzene rings is 9. The molecule has 0 aliphatic carbocycles. The minimum atomic E-state index is 0.641. The van der Waals surface area contributed by atoms with Gasteiger partial charge in [0.05, 0.1) is 16.7 Å². The van der Waals surface area contributed by atoms with Crippen LogP contribution in [0.1, 0.15) is 0 Å². The van der Waals surface area contributed by atoms with Crippen molar-refractivity contribution in [2.24, 2.45) is 0 Å². The molecule has 0 radical (unpaired) electrons. The fourth-order valence-electron chi connectivity index (χ4n) is 8.89. The van der Waals surface area contributed by atoms with E-state index >= 15 is 0 Å². The van der Waals surface area contributed by atoms with Crippen molar-refractivity contribution < 1.29 is 0 Å². The van der Waals surface area contributed by atoms with E-state index in [2.05, 4.69) is 174 Å². The summed E-state index contributed by atoms with van der Waals surface area (Å²) in [7, 11) is 0. The van der Waals surface area contributed by atoms with Crippen molar-refractivity contribution in [3.8, 4) is 95.9 Å². The van der Waals surface area contributed by atoms with Gasteiger partial charge in [-0.05, 0) is 51.6 Å². The summed E-state index contributed by atoms with van der Waals surface area (Å²) in [6, 6.07) is 84.1. The van der Waals surface area contributed by atoms with Crippen LogP contribution >= 0.6 is 0 Å². The molecule has 6 nitrogen and oxygen atoms in total. The second-order valence-electron chi connectivity index (χ2n) is 16.5. The van der Waals surface area contributed by atoms with Gasteiger partial charge in [-0.1, -0.05) is 224 Å². The Morgan fingerprint density at radius 3 is 0.970 bits per heavy atom. The summed E-state index contributed by atoms with van der Waals surface area (Å²) in [5.74, 6) is 2.64. The van der Waals surface area contributed by atoms with Gasteiger partial charge in [0.1, 0.15) is 5.52 Å². The highest BCUT2D eigenvalue weighted by Gasteiger charge is 2.21. The molecule has 314 valence electrons. The van der Waals surface area contributed by atoms with Gasteiger partial charge in [-0.15, -0.1) is 0 Å². The van der Waals surface area contributed by atoms with Gasteiger partial charge < -0.3 is 4.57 Å². The summed E-state index contributed by atoms with van der Waals surface area (Å²) in [4.78, 5) is 25.2. The van der Waals surface area contributed by atoms with Crippen LogP contribution in [0.4, 0.5) is 0 Å². The van der Waals surface area contributed by atoms with Gasteiger partial charge in [0.15, 0.2) is 23.3 Å². The average molecular weight is 857 g/mol. The molecule has 0 atom stereocenters. The summed E-state index contributed by atoms with van der Waals surface area (Å²) in [6.45, 7) is 0. The fourth-order valence-corrected chi connectivity index (χ4v) is 8.89. The maximum atomic E-state index is 5.30. The van der Waals surface area contributed by atoms with Gasteiger partial charge in [-0.25, -0.2) is 24.9 Å². The molecule has 12 rings (SSSR count). The summed E-state index contributed by atoms with van der Waals surface area (Å²) < 4.78 is 2.29. The van der Waals surface area contributed by atoms with E-state index in [1.807, 2.05) is 72.8 Å². The number of para-hydroxylation sites is 2. The van der Waals surface area contributed by atoms with Crippen molar-refractivity contribution in [1.29, 1.82) is 0 Å². The molecular weight excluding hydrogens is 817 g/mol. The Morgan fingerprint density at radius 1 is 0.239 bits per heavy atom. The minimum Gasteiger partial charge on any atom is -0.306 e. The van der Waals surface area contributed by atoms with Gasteiger partial charge in [0.2, 0.25) is 0 Å². The first-order valence-corrected chi connectivity index (χ1v) is 22.4. The normalized spacial score (nSPS) is 11.3. The standard InChI is InChI=1S/C61H40N6/c1-5-15-47(16-6-1)55-57-56(53-23-13-14-24-54(53)67(57)52-21-11-4-12-22-52)63-58(62-55)50-37-33-45(34-38-50)43-29-25-41(26-30-43)42-27-31-44(32-28-42)46-35-39-51(40-36-46)61-65-59(48-17-7-2-8-18-48)64-60(66-61)49-19-9-3-10-20-49/h1-40H. The molecule has 0 N–H and O–H groups in total. The predicted molar refractivity (Wildman–Crippen MR) is 273 cm³/mol. The first-order valence-electron chi connectivity index (χ1n) is 22.4. The third-order valence-electron chi connectivity index (χ3n) is 12.3. The third kappa shape index (κ3) is 7.62. The zero-order chi connectivity index (χ0) is 44.5. The van der Waals surface area contributed by atoms with Crippen LogP contribution < -0.4 is 0 Å². The van der Waals surface area contributed by atoms with Gasteiger partial charge in [-0.3, -0.25) is 0 Å². The quantitative estimate of drug-likeness (QED) is 0.145. The smallest absolute Gasteiger partial charge is 0.164 e. The molecule has 3 aromatic heterocycles.